The first-order valence-electron chi connectivity index (χ1n) is 29.5. The summed E-state index contributed by atoms with van der Waals surface area (Å²) < 4.78 is 0. The molecule has 4 heteroatoms. The van der Waals surface area contributed by atoms with Gasteiger partial charge in [-0.15, -0.1) is 0 Å². The molecule has 4 nitrogen and oxygen atoms in total. The first kappa shape index (κ1) is 64.1. The number of hydrogen-bond acceptors (Lipinski definition) is 3. The third-order valence-electron chi connectivity index (χ3n) is 13.5. The molecule has 0 saturated heterocycles. The predicted octanol–water partition coefficient (Wildman–Crippen LogP) is 19.6. The molecule has 0 aliphatic rings. The Hall–Kier alpha value is -1.91. The fourth-order valence-corrected chi connectivity index (χ4v) is 9.10. The van der Waals surface area contributed by atoms with E-state index < -0.39 is 12.1 Å². The van der Waals surface area contributed by atoms with Gasteiger partial charge in [0.15, 0.2) is 0 Å². The van der Waals surface area contributed by atoms with Crippen LogP contribution in [0, 0.1) is 0 Å². The number of nitrogens with one attached hydrogen (secondary N) is 1. The van der Waals surface area contributed by atoms with Gasteiger partial charge in [0.05, 0.1) is 18.8 Å². The molecular weight excluding hydrogens is 807 g/mol. The number of carbonyl (C=O) groups excluding carboxylic acids is 1. The maximum absolute atomic E-state index is 12.5. The van der Waals surface area contributed by atoms with E-state index in [2.05, 4.69) is 79.9 Å². The number of unbranched alkanes of at least 4 members (excludes halogenated alkanes) is 37. The molecule has 2 atom stereocenters. The Bertz CT molecular complexity index is 1090. The molecule has 0 aromatic carbocycles. The highest BCUT2D eigenvalue weighted by Gasteiger charge is 2.20. The number of carbonyl (C=O) groups is 1. The summed E-state index contributed by atoms with van der Waals surface area (Å²) in [5, 5.41) is 23.4. The van der Waals surface area contributed by atoms with Gasteiger partial charge in [-0.1, -0.05) is 306 Å². The molecule has 0 fully saturated rings. The Morgan fingerprint density at radius 1 is 0.379 bits per heavy atom. The van der Waals surface area contributed by atoms with E-state index in [9.17, 15) is 15.0 Å². The summed E-state index contributed by atoms with van der Waals surface area (Å²) in [6.07, 6.45) is 80.8. The largest absolute Gasteiger partial charge is 0.394 e. The minimum Gasteiger partial charge on any atom is -0.394 e. The third-order valence-corrected chi connectivity index (χ3v) is 13.5. The molecule has 0 aliphatic carbocycles. The van der Waals surface area contributed by atoms with Gasteiger partial charge in [0, 0.05) is 6.42 Å². The average molecular weight is 923 g/mol. The fourth-order valence-electron chi connectivity index (χ4n) is 9.10. The molecule has 0 bridgehead atoms. The number of aliphatic hydroxyl groups excluding tert-OH is 2. The summed E-state index contributed by atoms with van der Waals surface area (Å²) in [6.45, 7) is 4.27. The van der Waals surface area contributed by atoms with Gasteiger partial charge < -0.3 is 15.5 Å². The summed E-state index contributed by atoms with van der Waals surface area (Å²) in [6, 6.07) is -0.544. The zero-order valence-electron chi connectivity index (χ0n) is 44.5. The summed E-state index contributed by atoms with van der Waals surface area (Å²) in [4.78, 5) is 12.5. The molecule has 0 aromatic rings. The molecule has 66 heavy (non-hydrogen) atoms. The van der Waals surface area contributed by atoms with Gasteiger partial charge in [-0.3, -0.25) is 4.79 Å². The minimum atomic E-state index is -0.667. The van der Waals surface area contributed by atoms with E-state index in [1.165, 1.54) is 225 Å². The molecule has 0 spiro atoms. The van der Waals surface area contributed by atoms with E-state index >= 15 is 0 Å². The number of amides is 1. The fraction of sp³-hybridized carbons (Fsp3) is 0.823. The number of allylic oxidation sites excluding steroid dienone is 10. The quantitative estimate of drug-likeness (QED) is 0.0420. The van der Waals surface area contributed by atoms with Crippen LogP contribution in [0.25, 0.3) is 0 Å². The average Bonchev–Trinajstić information content (AvgIpc) is 3.32. The number of hydrogen-bond donors (Lipinski definition) is 3. The molecule has 0 aromatic heterocycles. The zero-order valence-corrected chi connectivity index (χ0v) is 44.5. The maximum atomic E-state index is 12.5. The van der Waals surface area contributed by atoms with Crippen LogP contribution < -0.4 is 5.32 Å². The van der Waals surface area contributed by atoms with E-state index in [4.69, 9.17) is 0 Å². The molecule has 1 amide bonds. The van der Waals surface area contributed by atoms with Crippen LogP contribution in [0.2, 0.25) is 0 Å². The first-order chi connectivity index (χ1) is 32.7. The van der Waals surface area contributed by atoms with Crippen LogP contribution in [0.4, 0.5) is 0 Å². The Balaban J connectivity index is 3.46. The lowest BCUT2D eigenvalue weighted by Gasteiger charge is -2.22. The molecule has 0 radical (unpaired) electrons. The monoisotopic (exact) mass is 922 g/mol. The van der Waals surface area contributed by atoms with Gasteiger partial charge in [0.25, 0.3) is 0 Å². The second-order valence-electron chi connectivity index (χ2n) is 20.0. The van der Waals surface area contributed by atoms with Crippen molar-refractivity contribution >= 4 is 5.91 Å². The van der Waals surface area contributed by atoms with Crippen molar-refractivity contribution in [2.45, 2.75) is 321 Å². The number of aliphatic hydroxyl groups is 2. The van der Waals surface area contributed by atoms with Crippen molar-refractivity contribution < 1.29 is 15.0 Å². The van der Waals surface area contributed by atoms with E-state index in [1.54, 1.807) is 0 Å². The minimum absolute atomic E-state index is 0.0359. The third kappa shape index (κ3) is 53.1. The van der Waals surface area contributed by atoms with Crippen LogP contribution in [0.1, 0.15) is 309 Å². The summed E-state index contributed by atoms with van der Waals surface area (Å²) >= 11 is 0. The second-order valence-corrected chi connectivity index (χ2v) is 20.0. The maximum Gasteiger partial charge on any atom is 0.220 e. The molecule has 386 valence electrons. The van der Waals surface area contributed by atoms with Crippen molar-refractivity contribution in [2.75, 3.05) is 6.61 Å². The van der Waals surface area contributed by atoms with E-state index in [0.29, 0.717) is 12.8 Å². The van der Waals surface area contributed by atoms with Crippen molar-refractivity contribution in [2.24, 2.45) is 0 Å². The Morgan fingerprint density at radius 3 is 1.00 bits per heavy atom. The van der Waals surface area contributed by atoms with Crippen LogP contribution in [-0.2, 0) is 4.79 Å². The standard InChI is InChI=1S/C62H115NO3/c1-3-5-7-9-11-13-15-17-19-21-23-25-27-29-30-31-32-34-35-37-39-41-43-45-47-49-51-53-55-57-61(65)60(59-64)63-62(66)58-56-54-52-50-48-46-44-42-40-38-36-33-28-26-24-22-20-18-16-14-12-10-8-6-4-2/h6,8,12,14,18,20,24,26,33,36,60-61,64-65H,3-5,7,9-11,13,15-17,19,21-23,25,27-32,34-35,37-59H2,1-2H3,(H,63,66)/b8-6-,14-12-,20-18-,26-24-,36-33-. The Morgan fingerprint density at radius 2 is 0.667 bits per heavy atom. The Labute approximate surface area is 413 Å². The lowest BCUT2D eigenvalue weighted by molar-refractivity contribution is -0.123. The van der Waals surface area contributed by atoms with Crippen molar-refractivity contribution in [1.82, 2.24) is 5.32 Å². The molecule has 3 N–H and O–H groups in total. The van der Waals surface area contributed by atoms with Gasteiger partial charge in [0.1, 0.15) is 0 Å². The lowest BCUT2D eigenvalue weighted by Crippen LogP contribution is -2.45. The van der Waals surface area contributed by atoms with Gasteiger partial charge in [-0.05, 0) is 57.8 Å². The summed E-state index contributed by atoms with van der Waals surface area (Å²) in [7, 11) is 0. The van der Waals surface area contributed by atoms with Crippen LogP contribution in [-0.4, -0.2) is 34.9 Å². The summed E-state index contributed by atoms with van der Waals surface area (Å²) in [5.74, 6) is -0.0359. The normalized spacial score (nSPS) is 13.2. The van der Waals surface area contributed by atoms with E-state index in [1.807, 2.05) is 0 Å². The van der Waals surface area contributed by atoms with Crippen LogP contribution >= 0.6 is 0 Å². The zero-order chi connectivity index (χ0) is 47.7. The highest BCUT2D eigenvalue weighted by Crippen LogP contribution is 2.18. The van der Waals surface area contributed by atoms with Gasteiger partial charge in [0.2, 0.25) is 5.91 Å². The highest BCUT2D eigenvalue weighted by molar-refractivity contribution is 5.76. The Kier molecular flexibility index (Phi) is 55.7. The second kappa shape index (κ2) is 57.4. The number of rotatable bonds is 54. The van der Waals surface area contributed by atoms with Gasteiger partial charge in [-0.25, -0.2) is 0 Å². The van der Waals surface area contributed by atoms with E-state index in [-0.39, 0.29) is 12.5 Å². The molecule has 0 heterocycles. The smallest absolute Gasteiger partial charge is 0.220 e. The van der Waals surface area contributed by atoms with Gasteiger partial charge >= 0.3 is 0 Å². The van der Waals surface area contributed by atoms with Crippen LogP contribution in [0.15, 0.2) is 60.8 Å². The van der Waals surface area contributed by atoms with Crippen molar-refractivity contribution in [1.29, 1.82) is 0 Å². The van der Waals surface area contributed by atoms with Crippen molar-refractivity contribution in [3.8, 4) is 0 Å². The lowest BCUT2D eigenvalue weighted by atomic mass is 10.0. The molecule has 0 rings (SSSR count). The predicted molar refractivity (Wildman–Crippen MR) is 294 cm³/mol. The highest BCUT2D eigenvalue weighted by atomic mass is 16.3. The van der Waals surface area contributed by atoms with Crippen LogP contribution in [0.3, 0.4) is 0 Å². The van der Waals surface area contributed by atoms with E-state index in [0.717, 1.165) is 57.8 Å². The summed E-state index contributed by atoms with van der Waals surface area (Å²) in [5.41, 5.74) is 0. The molecule has 0 aliphatic heterocycles. The molecule has 2 unspecified atom stereocenters. The van der Waals surface area contributed by atoms with Crippen molar-refractivity contribution in [3.63, 3.8) is 0 Å². The van der Waals surface area contributed by atoms with Gasteiger partial charge in [-0.2, -0.15) is 0 Å². The van der Waals surface area contributed by atoms with Crippen molar-refractivity contribution in [3.05, 3.63) is 60.8 Å². The first-order valence-corrected chi connectivity index (χ1v) is 29.5. The topological polar surface area (TPSA) is 69.6 Å². The molecular formula is C62H115NO3. The SMILES string of the molecule is CC/C=C\C/C=C\C/C=C\C/C=C\C/C=C\CCCCCCCCCCCC(=O)NC(CO)C(O)CCCCCCCCCCCCCCCCCCCCCCCCCCCCCCC. The van der Waals surface area contributed by atoms with Crippen LogP contribution in [0.5, 0.6) is 0 Å². The molecule has 0 saturated carbocycles.